The number of hydrogen-bond donors (Lipinski definition) is 2. The van der Waals surface area contributed by atoms with Crippen molar-refractivity contribution in [1.82, 2.24) is 5.32 Å². The molecule has 0 bridgehead atoms. The Morgan fingerprint density at radius 2 is 0.909 bits per heavy atom. The second-order valence-corrected chi connectivity index (χ2v) is 21.7. The van der Waals surface area contributed by atoms with Crippen molar-refractivity contribution in [3.63, 3.8) is 0 Å². The molecule has 0 aliphatic heterocycles. The largest absolute Gasteiger partial charge is 0.756 e. The van der Waals surface area contributed by atoms with E-state index >= 15 is 0 Å². The molecule has 0 spiro atoms. The normalized spacial score (nSPS) is 14.3. The van der Waals surface area contributed by atoms with Gasteiger partial charge in [0.2, 0.25) is 5.91 Å². The van der Waals surface area contributed by atoms with Crippen LogP contribution in [0.2, 0.25) is 0 Å². The van der Waals surface area contributed by atoms with Crippen molar-refractivity contribution >= 4 is 13.7 Å². The quantitative estimate of drug-likeness (QED) is 0.0272. The SMILES string of the molecule is CCCC/C=C\C/C=C\CCCCCCCC(=O)NC(COP(=O)([O-])OCC[N+](C)(C)C)C(O)/C=C/CC/C=C/CCCCCCCCCCCCCCCCCCCCCCCCCC. The average molecular weight is 949 g/mol. The molecule has 3 atom stereocenters. The van der Waals surface area contributed by atoms with Crippen LogP contribution in [0, 0.1) is 0 Å². The van der Waals surface area contributed by atoms with Gasteiger partial charge in [-0.05, 0) is 57.8 Å². The fraction of sp³-hybridized carbons (Fsp3) is 0.842. The van der Waals surface area contributed by atoms with Gasteiger partial charge in [-0.25, -0.2) is 0 Å². The van der Waals surface area contributed by atoms with Crippen LogP contribution in [0.1, 0.15) is 258 Å². The number of aliphatic hydroxyl groups is 1. The van der Waals surface area contributed by atoms with E-state index in [4.69, 9.17) is 9.05 Å². The summed E-state index contributed by atoms with van der Waals surface area (Å²) in [7, 11) is 1.23. The molecule has 2 N–H and O–H groups in total. The standard InChI is InChI=1S/C57H109N2O6P/c1-6-8-10-12-14-16-18-20-22-23-24-25-26-27-28-29-30-31-32-33-34-35-36-37-38-40-42-44-46-48-50-56(60)55(54-65-66(62,63)64-53-52-59(3,4)5)58-57(61)51-49-47-45-43-41-39-21-19-17-15-13-11-9-7-2/h13,15,19,21,40,42,48,50,55-56,60H,6-12,14,16-18,20,22-39,41,43-47,49,51-54H2,1-5H3,(H-,58,61,62,63)/b15-13-,21-19-,42-40+,50-48+. The Kier molecular flexibility index (Phi) is 47.4. The van der Waals surface area contributed by atoms with Crippen LogP contribution in [0.4, 0.5) is 0 Å². The summed E-state index contributed by atoms with van der Waals surface area (Å²) < 4.78 is 23.3. The second kappa shape index (κ2) is 48.5. The fourth-order valence-corrected chi connectivity index (χ4v) is 8.79. The molecule has 0 saturated carbocycles. The van der Waals surface area contributed by atoms with E-state index < -0.39 is 26.6 Å². The lowest BCUT2D eigenvalue weighted by atomic mass is 10.0. The average Bonchev–Trinajstić information content (AvgIpc) is 3.28. The Morgan fingerprint density at radius 3 is 1.36 bits per heavy atom. The first-order valence-corrected chi connectivity index (χ1v) is 29.5. The zero-order chi connectivity index (χ0) is 48.5. The predicted octanol–water partition coefficient (Wildman–Crippen LogP) is 16.1. The summed E-state index contributed by atoms with van der Waals surface area (Å²) in [5.41, 5.74) is 0. The van der Waals surface area contributed by atoms with Gasteiger partial charge < -0.3 is 28.8 Å². The summed E-state index contributed by atoms with van der Waals surface area (Å²) >= 11 is 0. The number of rotatable bonds is 51. The molecule has 8 nitrogen and oxygen atoms in total. The minimum atomic E-state index is -4.61. The minimum absolute atomic E-state index is 0.0102. The van der Waals surface area contributed by atoms with Crippen LogP contribution in [-0.2, 0) is 18.4 Å². The van der Waals surface area contributed by atoms with Crippen LogP contribution < -0.4 is 10.2 Å². The molecular formula is C57H109N2O6P. The third-order valence-corrected chi connectivity index (χ3v) is 13.5. The number of phosphoric acid groups is 1. The van der Waals surface area contributed by atoms with Crippen molar-refractivity contribution in [2.24, 2.45) is 0 Å². The van der Waals surface area contributed by atoms with Gasteiger partial charge in [-0.2, -0.15) is 0 Å². The Hall–Kier alpha value is -1.54. The van der Waals surface area contributed by atoms with Gasteiger partial charge in [-0.15, -0.1) is 0 Å². The van der Waals surface area contributed by atoms with Crippen molar-refractivity contribution in [2.45, 2.75) is 270 Å². The van der Waals surface area contributed by atoms with Gasteiger partial charge in [0, 0.05) is 6.42 Å². The topological polar surface area (TPSA) is 108 Å². The highest BCUT2D eigenvalue weighted by Crippen LogP contribution is 2.38. The Bertz CT molecular complexity index is 1210. The molecule has 0 aromatic heterocycles. The van der Waals surface area contributed by atoms with Crippen LogP contribution in [0.25, 0.3) is 0 Å². The number of amides is 1. The van der Waals surface area contributed by atoms with Crippen LogP contribution >= 0.6 is 7.82 Å². The first-order chi connectivity index (χ1) is 32.0. The number of carbonyl (C=O) groups is 1. The van der Waals surface area contributed by atoms with E-state index in [0.717, 1.165) is 64.2 Å². The van der Waals surface area contributed by atoms with Gasteiger partial charge in [-0.1, -0.05) is 242 Å². The van der Waals surface area contributed by atoms with Crippen LogP contribution in [0.5, 0.6) is 0 Å². The highest BCUT2D eigenvalue weighted by atomic mass is 31.2. The van der Waals surface area contributed by atoms with E-state index in [0.29, 0.717) is 17.4 Å². The van der Waals surface area contributed by atoms with Gasteiger partial charge >= 0.3 is 0 Å². The Labute approximate surface area is 409 Å². The summed E-state index contributed by atoms with van der Waals surface area (Å²) in [5, 5.41) is 13.8. The number of unbranched alkanes of at least 4 members (excludes halogenated alkanes) is 32. The molecule has 0 aliphatic rings. The van der Waals surface area contributed by atoms with Crippen LogP contribution in [0.15, 0.2) is 48.6 Å². The van der Waals surface area contributed by atoms with Crippen molar-refractivity contribution in [3.05, 3.63) is 48.6 Å². The van der Waals surface area contributed by atoms with E-state index in [2.05, 4.69) is 55.6 Å². The lowest BCUT2D eigenvalue weighted by Gasteiger charge is -2.29. The summed E-state index contributed by atoms with van der Waals surface area (Å²) in [5.74, 6) is -0.221. The number of likely N-dealkylation sites (N-methyl/N-ethyl adjacent to an activating group) is 1. The summed E-state index contributed by atoms with van der Waals surface area (Å²) in [6.07, 6.45) is 63.5. The number of nitrogens with zero attached hydrogens (tertiary/aromatic N) is 1. The smallest absolute Gasteiger partial charge is 0.268 e. The van der Waals surface area contributed by atoms with E-state index in [1.54, 1.807) is 6.08 Å². The van der Waals surface area contributed by atoms with Crippen LogP contribution in [-0.4, -0.2) is 68.5 Å². The molecule has 66 heavy (non-hydrogen) atoms. The van der Waals surface area contributed by atoms with Crippen molar-refractivity contribution in [1.29, 1.82) is 0 Å². The summed E-state index contributed by atoms with van der Waals surface area (Å²) in [6, 6.07) is -0.912. The number of allylic oxidation sites excluding steroid dienone is 7. The number of phosphoric ester groups is 1. The highest BCUT2D eigenvalue weighted by molar-refractivity contribution is 7.45. The second-order valence-electron chi connectivity index (χ2n) is 20.3. The Balaban J connectivity index is 4.17. The first-order valence-electron chi connectivity index (χ1n) is 28.0. The molecular weight excluding hydrogens is 840 g/mol. The van der Waals surface area contributed by atoms with Crippen molar-refractivity contribution < 1.29 is 32.9 Å². The number of nitrogens with one attached hydrogen (secondary N) is 1. The molecule has 0 heterocycles. The van der Waals surface area contributed by atoms with E-state index in [9.17, 15) is 19.4 Å². The van der Waals surface area contributed by atoms with Gasteiger partial charge in [0.05, 0.1) is 39.9 Å². The van der Waals surface area contributed by atoms with Gasteiger partial charge in [0.25, 0.3) is 7.82 Å². The molecule has 0 saturated heterocycles. The van der Waals surface area contributed by atoms with Crippen LogP contribution in [0.3, 0.4) is 0 Å². The summed E-state index contributed by atoms with van der Waals surface area (Å²) in [4.78, 5) is 25.4. The fourth-order valence-electron chi connectivity index (χ4n) is 8.07. The zero-order valence-corrected chi connectivity index (χ0v) is 45.0. The first kappa shape index (κ1) is 64.5. The Morgan fingerprint density at radius 1 is 0.530 bits per heavy atom. The maximum atomic E-state index is 12.9. The monoisotopic (exact) mass is 949 g/mol. The molecule has 9 heteroatoms. The molecule has 0 aromatic rings. The molecule has 0 aromatic carbocycles. The maximum Gasteiger partial charge on any atom is 0.268 e. The predicted molar refractivity (Wildman–Crippen MR) is 284 cm³/mol. The lowest BCUT2D eigenvalue weighted by molar-refractivity contribution is -0.870. The minimum Gasteiger partial charge on any atom is -0.756 e. The van der Waals surface area contributed by atoms with Gasteiger partial charge in [-0.3, -0.25) is 9.36 Å². The third kappa shape index (κ3) is 50.3. The van der Waals surface area contributed by atoms with Crippen molar-refractivity contribution in [2.75, 3.05) is 40.9 Å². The summed E-state index contributed by atoms with van der Waals surface area (Å²) in [6.45, 7) is 4.59. The molecule has 1 amide bonds. The lowest BCUT2D eigenvalue weighted by Crippen LogP contribution is -2.45. The maximum absolute atomic E-state index is 12.9. The van der Waals surface area contributed by atoms with E-state index in [1.807, 2.05) is 27.2 Å². The highest BCUT2D eigenvalue weighted by Gasteiger charge is 2.23. The number of carbonyl (C=O) groups excluding carboxylic acids is 1. The van der Waals surface area contributed by atoms with Gasteiger partial charge in [0.1, 0.15) is 13.2 Å². The number of hydrogen-bond acceptors (Lipinski definition) is 6. The van der Waals surface area contributed by atoms with E-state index in [1.165, 1.54) is 173 Å². The molecule has 0 aliphatic carbocycles. The third-order valence-electron chi connectivity index (χ3n) is 12.5. The molecule has 0 radical (unpaired) electrons. The number of aliphatic hydroxyl groups excluding tert-OH is 1. The van der Waals surface area contributed by atoms with Crippen molar-refractivity contribution in [3.8, 4) is 0 Å². The molecule has 3 unspecified atom stereocenters. The van der Waals surface area contributed by atoms with Gasteiger partial charge in [0.15, 0.2) is 0 Å². The van der Waals surface area contributed by atoms with E-state index in [-0.39, 0.29) is 12.5 Å². The zero-order valence-electron chi connectivity index (χ0n) is 44.1. The number of quaternary nitrogens is 1. The molecule has 388 valence electrons. The molecule has 0 rings (SSSR count). The molecule has 0 fully saturated rings.